The van der Waals surface area contributed by atoms with Gasteiger partial charge >= 0.3 is 0 Å². The Morgan fingerprint density at radius 1 is 1.42 bits per heavy atom. The number of nitrogens with zero attached hydrogens (tertiary/aromatic N) is 3. The van der Waals surface area contributed by atoms with E-state index in [0.717, 1.165) is 3.83 Å². The average molecular weight is 297 g/mol. The van der Waals surface area contributed by atoms with E-state index < -0.39 is 0 Å². The lowest BCUT2D eigenvalue weighted by molar-refractivity contribution is 1.20. The molecular weight excluding hydrogens is 292 g/mol. The minimum Gasteiger partial charge on any atom is -0.382 e. The third-order valence-corrected chi connectivity index (χ3v) is 1.80. The van der Waals surface area contributed by atoms with Gasteiger partial charge in [-0.05, 0) is 22.6 Å². The van der Waals surface area contributed by atoms with Gasteiger partial charge in [-0.1, -0.05) is 0 Å². The minimum absolute atomic E-state index is 0. The summed E-state index contributed by atoms with van der Waals surface area (Å²) in [5.41, 5.74) is 6.86. The summed E-state index contributed by atoms with van der Waals surface area (Å²) in [4.78, 5) is 14.8. The number of imidazole rings is 1. The molecule has 2 aromatic heterocycles. The molecule has 5 nitrogen and oxygen atoms in total. The van der Waals surface area contributed by atoms with E-state index in [1.807, 2.05) is 0 Å². The quantitative estimate of drug-likeness (QED) is 0.561. The van der Waals surface area contributed by atoms with Gasteiger partial charge in [0, 0.05) is 0 Å². The molecule has 0 unspecified atom stereocenters. The second kappa shape index (κ2) is 3.40. The molecule has 0 radical (unpaired) electrons. The molecule has 12 heavy (non-hydrogen) atoms. The molecule has 3 N–H and O–H groups in total. The van der Waals surface area contributed by atoms with Gasteiger partial charge in [0.25, 0.3) is 0 Å². The molecular formula is C5H5ClIN5. The van der Waals surface area contributed by atoms with Crippen molar-refractivity contribution in [2.45, 2.75) is 0 Å². The van der Waals surface area contributed by atoms with Crippen LogP contribution >= 0.6 is 35.0 Å². The van der Waals surface area contributed by atoms with Gasteiger partial charge in [0.15, 0.2) is 15.3 Å². The van der Waals surface area contributed by atoms with E-state index in [1.54, 1.807) is 0 Å². The smallest absolute Gasteiger partial charge is 0.183 e. The first-order valence-electron chi connectivity index (χ1n) is 2.89. The number of hydrogen-bond acceptors (Lipinski definition) is 4. The number of halogens is 2. The van der Waals surface area contributed by atoms with Crippen molar-refractivity contribution in [1.29, 1.82) is 0 Å². The molecule has 0 saturated carbocycles. The molecule has 2 rings (SSSR count). The van der Waals surface area contributed by atoms with Crippen LogP contribution < -0.4 is 5.73 Å². The first-order chi connectivity index (χ1) is 5.27. The monoisotopic (exact) mass is 297 g/mol. The zero-order valence-corrected chi connectivity index (χ0v) is 8.76. The molecule has 0 spiro atoms. The van der Waals surface area contributed by atoms with Gasteiger partial charge in [-0.15, -0.1) is 12.4 Å². The normalized spacial score (nSPS) is 9.75. The Hall–Kier alpha value is -0.630. The van der Waals surface area contributed by atoms with Crippen LogP contribution in [0.4, 0.5) is 5.82 Å². The molecule has 0 atom stereocenters. The maximum absolute atomic E-state index is 5.54. The maximum atomic E-state index is 5.54. The Balaban J connectivity index is 0.000000720. The Morgan fingerprint density at radius 2 is 2.17 bits per heavy atom. The molecule has 2 heterocycles. The fourth-order valence-corrected chi connectivity index (χ4v) is 1.32. The standard InChI is InChI=1S/C5H4IN5.ClH/c6-5-10-2-3(7)8-1-9-4(2)11-5;/h1H,(H3,7,8,9,10,11);1H. The lowest BCUT2D eigenvalue weighted by atomic mass is 10.5. The molecule has 0 fully saturated rings. The largest absolute Gasteiger partial charge is 0.382 e. The van der Waals surface area contributed by atoms with E-state index in [0.29, 0.717) is 17.0 Å². The number of nitrogens with two attached hydrogens (primary N) is 1. The predicted molar refractivity (Wildman–Crippen MR) is 56.1 cm³/mol. The van der Waals surface area contributed by atoms with Crippen molar-refractivity contribution in [2.24, 2.45) is 0 Å². The summed E-state index contributed by atoms with van der Waals surface area (Å²) in [6.07, 6.45) is 1.40. The number of nitrogen functional groups attached to an aromatic ring is 1. The summed E-state index contributed by atoms with van der Waals surface area (Å²) < 4.78 is 0.768. The molecule has 7 heteroatoms. The van der Waals surface area contributed by atoms with Crippen LogP contribution in [0.2, 0.25) is 0 Å². The van der Waals surface area contributed by atoms with Gasteiger partial charge in [0.1, 0.15) is 11.8 Å². The van der Waals surface area contributed by atoms with Gasteiger partial charge in [-0.3, -0.25) is 0 Å². The van der Waals surface area contributed by atoms with Crippen LogP contribution in [0, 0.1) is 3.83 Å². The Morgan fingerprint density at radius 3 is 2.83 bits per heavy atom. The molecule has 0 amide bonds. The third-order valence-electron chi connectivity index (χ3n) is 1.29. The number of hydrogen-bond donors (Lipinski definition) is 2. The summed E-state index contributed by atoms with van der Waals surface area (Å²) >= 11 is 2.06. The predicted octanol–water partition coefficient (Wildman–Crippen LogP) is 0.962. The topological polar surface area (TPSA) is 80.5 Å². The van der Waals surface area contributed by atoms with E-state index in [2.05, 4.69) is 42.5 Å². The highest BCUT2D eigenvalue weighted by molar-refractivity contribution is 14.1. The van der Waals surface area contributed by atoms with E-state index in [9.17, 15) is 0 Å². The van der Waals surface area contributed by atoms with E-state index in [4.69, 9.17) is 5.73 Å². The summed E-state index contributed by atoms with van der Waals surface area (Å²) in [7, 11) is 0. The van der Waals surface area contributed by atoms with Crippen molar-refractivity contribution in [2.75, 3.05) is 5.73 Å². The second-order valence-electron chi connectivity index (χ2n) is 1.99. The van der Waals surface area contributed by atoms with Crippen molar-refractivity contribution >= 4 is 52.0 Å². The van der Waals surface area contributed by atoms with Crippen molar-refractivity contribution in [1.82, 2.24) is 19.9 Å². The molecule has 64 valence electrons. The maximum Gasteiger partial charge on any atom is 0.183 e. The van der Waals surface area contributed by atoms with Crippen molar-refractivity contribution in [3.63, 3.8) is 0 Å². The number of H-pyrrole nitrogens is 1. The molecule has 0 aliphatic rings. The number of rotatable bonds is 0. The number of aromatic nitrogens is 4. The first-order valence-corrected chi connectivity index (χ1v) is 3.97. The summed E-state index contributed by atoms with van der Waals surface area (Å²) in [6.45, 7) is 0. The van der Waals surface area contributed by atoms with Crippen LogP contribution in [0.3, 0.4) is 0 Å². The zero-order chi connectivity index (χ0) is 7.84. The van der Waals surface area contributed by atoms with Crippen molar-refractivity contribution in [3.05, 3.63) is 10.2 Å². The van der Waals surface area contributed by atoms with Gasteiger partial charge in [0.2, 0.25) is 0 Å². The fourth-order valence-electron chi connectivity index (χ4n) is 0.818. The second-order valence-corrected chi connectivity index (χ2v) is 3.01. The van der Waals surface area contributed by atoms with E-state index >= 15 is 0 Å². The number of aromatic amines is 1. The Kier molecular flexibility index (Phi) is 2.68. The lowest BCUT2D eigenvalue weighted by Gasteiger charge is -1.89. The van der Waals surface area contributed by atoms with E-state index in [1.165, 1.54) is 6.33 Å². The van der Waals surface area contributed by atoms with Gasteiger partial charge < -0.3 is 10.7 Å². The molecule has 0 bridgehead atoms. The van der Waals surface area contributed by atoms with Gasteiger partial charge in [-0.2, -0.15) is 0 Å². The average Bonchev–Trinajstić information content (AvgIpc) is 2.31. The summed E-state index contributed by atoms with van der Waals surface area (Å²) in [5, 5.41) is 0. The number of nitrogens with one attached hydrogen (secondary N) is 1. The van der Waals surface area contributed by atoms with Gasteiger partial charge in [0.05, 0.1) is 0 Å². The molecule has 0 saturated heterocycles. The van der Waals surface area contributed by atoms with Crippen LogP contribution in [0.15, 0.2) is 6.33 Å². The Bertz CT molecular complexity index is 400. The highest BCUT2D eigenvalue weighted by Crippen LogP contribution is 2.13. The fraction of sp³-hybridized carbons (Fsp3) is 0. The number of anilines is 1. The molecule has 0 aliphatic carbocycles. The van der Waals surface area contributed by atoms with Crippen LogP contribution in [0.1, 0.15) is 0 Å². The Labute approximate surface area is 87.7 Å². The van der Waals surface area contributed by atoms with Crippen LogP contribution in [0.25, 0.3) is 11.2 Å². The van der Waals surface area contributed by atoms with Crippen LogP contribution in [-0.2, 0) is 0 Å². The highest BCUT2D eigenvalue weighted by atomic mass is 127. The van der Waals surface area contributed by atoms with E-state index in [-0.39, 0.29) is 12.4 Å². The van der Waals surface area contributed by atoms with Crippen LogP contribution in [-0.4, -0.2) is 19.9 Å². The van der Waals surface area contributed by atoms with Crippen LogP contribution in [0.5, 0.6) is 0 Å². The SMILES string of the molecule is Cl.Nc1ncnc2nc(I)[nH]c12. The lowest BCUT2D eigenvalue weighted by Crippen LogP contribution is -1.91. The summed E-state index contributed by atoms with van der Waals surface area (Å²) in [5.74, 6) is 0.436. The highest BCUT2D eigenvalue weighted by Gasteiger charge is 2.03. The molecule has 0 aliphatic heterocycles. The minimum atomic E-state index is 0. The molecule has 0 aromatic carbocycles. The van der Waals surface area contributed by atoms with Gasteiger partial charge in [-0.25, -0.2) is 15.0 Å². The zero-order valence-electron chi connectivity index (χ0n) is 5.78. The first kappa shape index (κ1) is 9.46. The number of fused-ring (bicyclic) bond motifs is 1. The van der Waals surface area contributed by atoms with Crippen molar-refractivity contribution < 1.29 is 0 Å². The van der Waals surface area contributed by atoms with Crippen molar-refractivity contribution in [3.8, 4) is 0 Å². The summed E-state index contributed by atoms with van der Waals surface area (Å²) in [6, 6.07) is 0. The molecule has 2 aromatic rings. The third kappa shape index (κ3) is 1.44.